The largest absolute Gasteiger partial charge is 0.497 e. The van der Waals surface area contributed by atoms with E-state index >= 15 is 0 Å². The zero-order valence-electron chi connectivity index (χ0n) is 18.6. The van der Waals surface area contributed by atoms with Crippen molar-refractivity contribution in [1.29, 1.82) is 0 Å². The number of nitrogens with one attached hydrogen (secondary N) is 1. The molecule has 2 heterocycles. The van der Waals surface area contributed by atoms with E-state index in [0.29, 0.717) is 28.5 Å². The van der Waals surface area contributed by atoms with Gasteiger partial charge in [0, 0.05) is 5.56 Å². The van der Waals surface area contributed by atoms with Crippen molar-refractivity contribution in [2.75, 3.05) is 12.4 Å². The molecule has 1 amide bonds. The second-order valence-electron chi connectivity index (χ2n) is 8.20. The van der Waals surface area contributed by atoms with Crippen molar-refractivity contribution in [3.05, 3.63) is 95.7 Å². The van der Waals surface area contributed by atoms with Crippen LogP contribution in [0.4, 0.5) is 5.82 Å². The number of hydrogen-bond donors (Lipinski definition) is 1. The van der Waals surface area contributed by atoms with E-state index < -0.39 is 9.84 Å². The number of benzene rings is 3. The number of amides is 1. The van der Waals surface area contributed by atoms with Crippen LogP contribution in [0.3, 0.4) is 0 Å². The third-order valence-corrected chi connectivity index (χ3v) is 7.23. The molecule has 4 aromatic rings. The molecule has 5 rings (SSSR count). The summed E-state index contributed by atoms with van der Waals surface area (Å²) < 4.78 is 31.2. The van der Waals surface area contributed by atoms with Crippen molar-refractivity contribution in [1.82, 2.24) is 9.78 Å². The topological polar surface area (TPSA) is 90.3 Å². The van der Waals surface area contributed by atoms with E-state index in [1.54, 1.807) is 23.9 Å². The number of nitrogens with zero attached hydrogens (tertiary/aromatic N) is 2. The molecule has 0 bridgehead atoms. The lowest BCUT2D eigenvalue weighted by Crippen LogP contribution is -2.18. The molecule has 34 heavy (non-hydrogen) atoms. The highest BCUT2D eigenvalue weighted by Gasteiger charge is 2.33. The van der Waals surface area contributed by atoms with Gasteiger partial charge >= 0.3 is 0 Å². The number of rotatable bonds is 6. The number of aromatic nitrogens is 2. The molecule has 1 aromatic heterocycles. The van der Waals surface area contributed by atoms with E-state index in [0.717, 1.165) is 16.7 Å². The molecule has 0 saturated heterocycles. The summed E-state index contributed by atoms with van der Waals surface area (Å²) in [5.74, 6) is 0.576. The average Bonchev–Trinajstić information content (AvgIpc) is 3.32. The van der Waals surface area contributed by atoms with Crippen LogP contribution in [0.1, 0.15) is 16.8 Å². The lowest BCUT2D eigenvalue weighted by Gasteiger charge is -2.12. The number of carbonyl (C=O) groups excluding carboxylic acids is 1. The molecule has 0 unspecified atom stereocenters. The molecule has 0 aliphatic carbocycles. The molecule has 0 radical (unpaired) electrons. The van der Waals surface area contributed by atoms with Gasteiger partial charge in [-0.1, -0.05) is 54.6 Å². The highest BCUT2D eigenvalue weighted by Crippen LogP contribution is 2.33. The van der Waals surface area contributed by atoms with Crippen LogP contribution in [0.5, 0.6) is 5.75 Å². The fraction of sp³-hybridized carbons (Fsp3) is 0.154. The molecule has 0 spiro atoms. The van der Waals surface area contributed by atoms with Crippen LogP contribution in [-0.2, 0) is 32.6 Å². The minimum absolute atomic E-state index is 0.130. The molecule has 1 N–H and O–H groups in total. The molecule has 0 atom stereocenters. The van der Waals surface area contributed by atoms with Crippen LogP contribution in [0.15, 0.2) is 78.9 Å². The van der Waals surface area contributed by atoms with E-state index in [-0.39, 0.29) is 23.8 Å². The number of hydrogen-bond acceptors (Lipinski definition) is 5. The first-order valence-corrected chi connectivity index (χ1v) is 12.6. The Hall–Kier alpha value is -3.91. The zero-order chi connectivity index (χ0) is 23.7. The predicted octanol–water partition coefficient (Wildman–Crippen LogP) is 4.16. The summed E-state index contributed by atoms with van der Waals surface area (Å²) in [6.07, 6.45) is 0.157. The first-order chi connectivity index (χ1) is 16.4. The minimum atomic E-state index is -3.27. The normalized spacial score (nSPS) is 13.9. The molecule has 1 aliphatic heterocycles. The average molecular weight is 474 g/mol. The fourth-order valence-electron chi connectivity index (χ4n) is 4.09. The van der Waals surface area contributed by atoms with Gasteiger partial charge in [0.1, 0.15) is 11.6 Å². The quantitative estimate of drug-likeness (QED) is 0.454. The van der Waals surface area contributed by atoms with E-state index in [1.165, 1.54) is 0 Å². The first-order valence-electron chi connectivity index (χ1n) is 10.8. The molecular formula is C26H23N3O4S. The van der Waals surface area contributed by atoms with Crippen molar-refractivity contribution in [2.45, 2.75) is 17.9 Å². The second kappa shape index (κ2) is 8.79. The zero-order valence-corrected chi connectivity index (χ0v) is 19.4. The smallest absolute Gasteiger partial charge is 0.229 e. The SMILES string of the molecule is COc1ccc(-n2nc3c(c2NC(=O)Cc2ccc(-c4ccccc4)cc2)CS(=O)(=O)C3)cc1. The van der Waals surface area contributed by atoms with Crippen LogP contribution < -0.4 is 10.1 Å². The highest BCUT2D eigenvalue weighted by atomic mass is 32.2. The number of carbonyl (C=O) groups is 1. The maximum atomic E-state index is 13.0. The standard InChI is InChI=1S/C26H23N3O4S/c1-33-22-13-11-21(12-14-22)29-26(23-16-34(31,32)17-24(23)28-29)27-25(30)15-18-7-9-20(10-8-18)19-5-3-2-4-6-19/h2-14H,15-17H2,1H3,(H,27,30). The number of ether oxygens (including phenoxy) is 1. The van der Waals surface area contributed by atoms with Crippen molar-refractivity contribution < 1.29 is 17.9 Å². The van der Waals surface area contributed by atoms with Gasteiger partial charge in [0.05, 0.1) is 36.4 Å². The van der Waals surface area contributed by atoms with E-state index in [9.17, 15) is 13.2 Å². The molecule has 3 aromatic carbocycles. The van der Waals surface area contributed by atoms with Gasteiger partial charge in [-0.2, -0.15) is 5.10 Å². The molecule has 172 valence electrons. The second-order valence-corrected chi connectivity index (χ2v) is 10.3. The number of sulfone groups is 1. The third-order valence-electron chi connectivity index (χ3n) is 5.79. The van der Waals surface area contributed by atoms with Gasteiger partial charge in [-0.15, -0.1) is 0 Å². The Morgan fingerprint density at radius 2 is 1.62 bits per heavy atom. The van der Waals surface area contributed by atoms with Crippen molar-refractivity contribution in [2.24, 2.45) is 0 Å². The lowest BCUT2D eigenvalue weighted by molar-refractivity contribution is -0.115. The summed E-state index contributed by atoms with van der Waals surface area (Å²) in [6, 6.07) is 25.1. The Labute approximate surface area is 197 Å². The molecular weight excluding hydrogens is 450 g/mol. The summed E-state index contributed by atoms with van der Waals surface area (Å²) in [5, 5.41) is 7.42. The van der Waals surface area contributed by atoms with Crippen LogP contribution in [-0.4, -0.2) is 31.2 Å². The van der Waals surface area contributed by atoms with Gasteiger partial charge in [-0.25, -0.2) is 13.1 Å². The van der Waals surface area contributed by atoms with Gasteiger partial charge < -0.3 is 10.1 Å². The highest BCUT2D eigenvalue weighted by molar-refractivity contribution is 7.90. The maximum absolute atomic E-state index is 13.0. The summed E-state index contributed by atoms with van der Waals surface area (Å²) in [7, 11) is -1.68. The Morgan fingerprint density at radius 1 is 0.941 bits per heavy atom. The van der Waals surface area contributed by atoms with Crippen LogP contribution in [0.2, 0.25) is 0 Å². The predicted molar refractivity (Wildman–Crippen MR) is 131 cm³/mol. The Balaban J connectivity index is 1.39. The maximum Gasteiger partial charge on any atom is 0.229 e. The van der Waals surface area contributed by atoms with E-state index in [1.807, 2.05) is 66.7 Å². The third kappa shape index (κ3) is 4.45. The molecule has 8 heteroatoms. The molecule has 0 fully saturated rings. The summed E-state index contributed by atoms with van der Waals surface area (Å²) in [6.45, 7) is 0. The Kier molecular flexibility index (Phi) is 5.67. The van der Waals surface area contributed by atoms with Gasteiger partial charge in [-0.05, 0) is 41.0 Å². The molecule has 0 saturated carbocycles. The summed E-state index contributed by atoms with van der Waals surface area (Å²) in [5.41, 5.74) is 4.76. The van der Waals surface area contributed by atoms with Gasteiger partial charge in [-0.3, -0.25) is 4.79 Å². The van der Waals surface area contributed by atoms with Crippen molar-refractivity contribution in [3.8, 4) is 22.6 Å². The van der Waals surface area contributed by atoms with Crippen LogP contribution >= 0.6 is 0 Å². The molecule has 7 nitrogen and oxygen atoms in total. The summed E-state index contributed by atoms with van der Waals surface area (Å²) >= 11 is 0. The van der Waals surface area contributed by atoms with Crippen molar-refractivity contribution >= 4 is 21.6 Å². The van der Waals surface area contributed by atoms with Crippen LogP contribution in [0.25, 0.3) is 16.8 Å². The van der Waals surface area contributed by atoms with Crippen molar-refractivity contribution in [3.63, 3.8) is 0 Å². The minimum Gasteiger partial charge on any atom is -0.497 e. The molecule has 1 aliphatic rings. The summed E-state index contributed by atoms with van der Waals surface area (Å²) in [4.78, 5) is 13.0. The Morgan fingerprint density at radius 3 is 2.29 bits per heavy atom. The number of fused-ring (bicyclic) bond motifs is 1. The Bertz CT molecular complexity index is 1440. The fourth-order valence-corrected chi connectivity index (χ4v) is 5.58. The monoisotopic (exact) mass is 473 g/mol. The van der Waals surface area contributed by atoms with Gasteiger partial charge in [0.15, 0.2) is 9.84 Å². The lowest BCUT2D eigenvalue weighted by atomic mass is 10.0. The van der Waals surface area contributed by atoms with Gasteiger partial charge in [0.2, 0.25) is 5.91 Å². The van der Waals surface area contributed by atoms with Gasteiger partial charge in [0.25, 0.3) is 0 Å². The number of anilines is 1. The van der Waals surface area contributed by atoms with Crippen LogP contribution in [0, 0.1) is 0 Å². The first kappa shape index (κ1) is 21.9. The van der Waals surface area contributed by atoms with E-state index in [2.05, 4.69) is 10.4 Å². The van der Waals surface area contributed by atoms with E-state index in [4.69, 9.17) is 4.74 Å². The number of methoxy groups -OCH3 is 1.